The average Bonchev–Trinajstić information content (AvgIpc) is 2.38. The summed E-state index contributed by atoms with van der Waals surface area (Å²) in [5.41, 5.74) is 8.70. The lowest BCUT2D eigenvalue weighted by atomic mass is 10.1. The van der Waals surface area contributed by atoms with Crippen LogP contribution in [0, 0.1) is 6.92 Å². The normalized spacial score (nSPS) is 10.5. The Hall–Kier alpha value is -0.430. The topological polar surface area (TPSA) is 35.2 Å². The van der Waals surface area contributed by atoms with Crippen LogP contribution < -0.4 is 10.5 Å². The Morgan fingerprint density at radius 2 is 1.76 bits per heavy atom. The molecule has 21 heavy (non-hydrogen) atoms. The molecule has 0 aromatic heterocycles. The molecule has 0 spiro atoms. The highest BCUT2D eigenvalue weighted by Gasteiger charge is 2.10. The fraction of sp³-hybridized carbons (Fsp3) is 0.133. The Bertz CT molecular complexity index is 680. The van der Waals surface area contributed by atoms with Crippen LogP contribution in [0.4, 0.5) is 0 Å². The van der Waals surface area contributed by atoms with E-state index >= 15 is 0 Å². The lowest BCUT2D eigenvalue weighted by Gasteiger charge is -2.13. The van der Waals surface area contributed by atoms with Gasteiger partial charge in [-0.3, -0.25) is 0 Å². The second kappa shape index (κ2) is 7.22. The van der Waals surface area contributed by atoms with E-state index in [4.69, 9.17) is 22.7 Å². The maximum Gasteiger partial charge on any atom is 0.148 e. The molecule has 2 N–H and O–H groups in total. The number of thiocarbonyl (C=S) groups is 1. The fourth-order valence-corrected chi connectivity index (χ4v) is 4.44. The van der Waals surface area contributed by atoms with Gasteiger partial charge in [-0.1, -0.05) is 40.3 Å². The lowest BCUT2D eigenvalue weighted by molar-refractivity contribution is 0.301. The van der Waals surface area contributed by atoms with Gasteiger partial charge in [0.1, 0.15) is 17.3 Å². The standard InChI is InChI=1S/C15H12Br3NOS/c1-8-4-9(15(19)21)2-3-10(8)7-20-14-12(17)5-11(16)6-13(14)18/h2-6H,7H2,1H3,(H2,19,21). The van der Waals surface area contributed by atoms with Gasteiger partial charge in [0.25, 0.3) is 0 Å². The monoisotopic (exact) mass is 491 g/mol. The van der Waals surface area contributed by atoms with Crippen molar-refractivity contribution in [2.75, 3.05) is 0 Å². The van der Waals surface area contributed by atoms with E-state index in [1.54, 1.807) is 0 Å². The van der Waals surface area contributed by atoms with Crippen LogP contribution >= 0.6 is 60.0 Å². The van der Waals surface area contributed by atoms with Crippen molar-refractivity contribution in [3.8, 4) is 5.75 Å². The number of halogens is 3. The molecule has 0 saturated carbocycles. The van der Waals surface area contributed by atoms with Crippen molar-refractivity contribution in [2.24, 2.45) is 5.73 Å². The molecule has 0 aliphatic carbocycles. The summed E-state index contributed by atoms with van der Waals surface area (Å²) in [7, 11) is 0. The van der Waals surface area contributed by atoms with E-state index in [1.165, 1.54) is 0 Å². The fourth-order valence-electron chi connectivity index (χ4n) is 1.83. The van der Waals surface area contributed by atoms with Crippen molar-refractivity contribution in [1.82, 2.24) is 0 Å². The van der Waals surface area contributed by atoms with Gasteiger partial charge in [0.05, 0.1) is 8.95 Å². The summed E-state index contributed by atoms with van der Waals surface area (Å²) in [6.07, 6.45) is 0. The molecule has 0 bridgehead atoms. The molecule has 0 heterocycles. The second-order valence-electron chi connectivity index (χ2n) is 4.49. The number of nitrogens with two attached hydrogens (primary N) is 1. The molecule has 2 nitrogen and oxygen atoms in total. The number of ether oxygens (including phenoxy) is 1. The molecule has 0 amide bonds. The first kappa shape index (κ1) is 16.9. The minimum atomic E-state index is 0.406. The van der Waals surface area contributed by atoms with E-state index in [0.29, 0.717) is 11.6 Å². The molecule has 2 aromatic rings. The third kappa shape index (κ3) is 4.28. The first-order valence-corrected chi connectivity index (χ1v) is 8.84. The van der Waals surface area contributed by atoms with E-state index in [9.17, 15) is 0 Å². The predicted molar refractivity (Wildman–Crippen MR) is 101 cm³/mol. The Morgan fingerprint density at radius 3 is 2.29 bits per heavy atom. The first-order valence-electron chi connectivity index (χ1n) is 6.05. The molecule has 2 aromatic carbocycles. The lowest BCUT2D eigenvalue weighted by Crippen LogP contribution is -2.10. The van der Waals surface area contributed by atoms with E-state index in [2.05, 4.69) is 47.8 Å². The van der Waals surface area contributed by atoms with Crippen molar-refractivity contribution < 1.29 is 4.74 Å². The molecule has 0 atom stereocenters. The third-order valence-electron chi connectivity index (χ3n) is 2.96. The molecule has 0 unspecified atom stereocenters. The SMILES string of the molecule is Cc1cc(C(N)=S)ccc1COc1c(Br)cc(Br)cc1Br. The van der Waals surface area contributed by atoms with Gasteiger partial charge in [-0.05, 0) is 68.1 Å². The minimum absolute atomic E-state index is 0.406. The smallest absolute Gasteiger partial charge is 0.148 e. The van der Waals surface area contributed by atoms with Gasteiger partial charge in [0, 0.05) is 10.0 Å². The second-order valence-corrected chi connectivity index (χ2v) is 7.56. The van der Waals surface area contributed by atoms with Gasteiger partial charge in [0.15, 0.2) is 0 Å². The molecule has 0 aliphatic rings. The van der Waals surface area contributed by atoms with Gasteiger partial charge in [0.2, 0.25) is 0 Å². The van der Waals surface area contributed by atoms with Gasteiger partial charge >= 0.3 is 0 Å². The first-order chi connectivity index (χ1) is 9.88. The summed E-state index contributed by atoms with van der Waals surface area (Å²) in [5.74, 6) is 0.774. The van der Waals surface area contributed by atoms with Crippen LogP contribution in [0.5, 0.6) is 5.75 Å². The van der Waals surface area contributed by atoms with Crippen LogP contribution in [0.3, 0.4) is 0 Å². The molecular weight excluding hydrogens is 482 g/mol. The van der Waals surface area contributed by atoms with Gasteiger partial charge in [-0.25, -0.2) is 0 Å². The summed E-state index contributed by atoms with van der Waals surface area (Å²) in [5, 5.41) is 0. The Kier molecular flexibility index (Phi) is 5.82. The highest BCUT2D eigenvalue weighted by atomic mass is 79.9. The summed E-state index contributed by atoms with van der Waals surface area (Å²) < 4.78 is 8.67. The number of benzene rings is 2. The molecular formula is C15H12Br3NOS. The quantitative estimate of drug-likeness (QED) is 0.571. The number of hydrogen-bond donors (Lipinski definition) is 1. The highest BCUT2D eigenvalue weighted by molar-refractivity contribution is 9.11. The number of aryl methyl sites for hydroxylation is 1. The Balaban J connectivity index is 2.19. The minimum Gasteiger partial charge on any atom is -0.487 e. The molecule has 0 fully saturated rings. The summed E-state index contributed by atoms with van der Waals surface area (Å²) in [6.45, 7) is 2.49. The molecule has 6 heteroatoms. The molecule has 2 rings (SSSR count). The van der Waals surface area contributed by atoms with E-state index < -0.39 is 0 Å². The van der Waals surface area contributed by atoms with Gasteiger partial charge < -0.3 is 10.5 Å². The zero-order chi connectivity index (χ0) is 15.6. The van der Waals surface area contributed by atoms with Crippen LogP contribution in [-0.4, -0.2) is 4.99 Å². The van der Waals surface area contributed by atoms with Crippen LogP contribution in [0.15, 0.2) is 43.7 Å². The van der Waals surface area contributed by atoms with Crippen LogP contribution in [0.1, 0.15) is 16.7 Å². The molecule has 0 radical (unpaired) electrons. The number of hydrogen-bond acceptors (Lipinski definition) is 2. The third-order valence-corrected chi connectivity index (χ3v) is 4.83. The van der Waals surface area contributed by atoms with Gasteiger partial charge in [-0.2, -0.15) is 0 Å². The summed E-state index contributed by atoms with van der Waals surface area (Å²) in [6, 6.07) is 9.78. The number of rotatable bonds is 4. The van der Waals surface area contributed by atoms with E-state index in [1.807, 2.05) is 37.3 Å². The largest absolute Gasteiger partial charge is 0.487 e. The molecule has 0 saturated heterocycles. The Morgan fingerprint density at radius 1 is 1.14 bits per heavy atom. The van der Waals surface area contributed by atoms with Crippen molar-refractivity contribution >= 4 is 65.0 Å². The predicted octanol–water partition coefficient (Wildman–Crippen LogP) is 5.50. The van der Waals surface area contributed by atoms with Crippen LogP contribution in [-0.2, 0) is 6.61 Å². The van der Waals surface area contributed by atoms with E-state index in [0.717, 1.165) is 35.9 Å². The average molecular weight is 494 g/mol. The zero-order valence-corrected chi connectivity index (χ0v) is 16.7. The van der Waals surface area contributed by atoms with Crippen LogP contribution in [0.2, 0.25) is 0 Å². The molecule has 0 aliphatic heterocycles. The van der Waals surface area contributed by atoms with Crippen molar-refractivity contribution in [1.29, 1.82) is 0 Å². The maximum atomic E-state index is 5.91. The van der Waals surface area contributed by atoms with Crippen molar-refractivity contribution in [3.63, 3.8) is 0 Å². The van der Waals surface area contributed by atoms with Gasteiger partial charge in [-0.15, -0.1) is 0 Å². The zero-order valence-electron chi connectivity index (χ0n) is 11.1. The Labute approximate surface area is 154 Å². The van der Waals surface area contributed by atoms with Crippen molar-refractivity contribution in [3.05, 3.63) is 60.4 Å². The van der Waals surface area contributed by atoms with Crippen molar-refractivity contribution in [2.45, 2.75) is 13.5 Å². The molecule has 110 valence electrons. The highest BCUT2D eigenvalue weighted by Crippen LogP contribution is 2.37. The van der Waals surface area contributed by atoms with Crippen LogP contribution in [0.25, 0.3) is 0 Å². The maximum absolute atomic E-state index is 5.91. The summed E-state index contributed by atoms with van der Waals surface area (Å²) >= 11 is 15.4. The van der Waals surface area contributed by atoms with E-state index in [-0.39, 0.29) is 0 Å². The summed E-state index contributed by atoms with van der Waals surface area (Å²) in [4.78, 5) is 0.406.